The molecule has 1 amide bonds. The first kappa shape index (κ1) is 18.5. The molecule has 0 bridgehead atoms. The number of fused-ring (bicyclic) bond motifs is 1. The average molecular weight is 349 g/mol. The van der Waals surface area contributed by atoms with E-state index in [2.05, 4.69) is 20.0 Å². The van der Waals surface area contributed by atoms with E-state index in [4.69, 9.17) is 10.5 Å². The molecule has 0 aliphatic rings. The van der Waals surface area contributed by atoms with Gasteiger partial charge in [-0.25, -0.2) is 19.6 Å². The summed E-state index contributed by atoms with van der Waals surface area (Å²) in [6, 6.07) is 1.58. The third-order valence-corrected chi connectivity index (χ3v) is 3.26. The lowest BCUT2D eigenvalue weighted by Gasteiger charge is -2.19. The second kappa shape index (κ2) is 7.37. The summed E-state index contributed by atoms with van der Waals surface area (Å²) in [6.45, 7) is 6.36. The topological polar surface area (TPSA) is 121 Å². The van der Waals surface area contributed by atoms with E-state index in [1.165, 1.54) is 13.3 Å². The predicted molar refractivity (Wildman–Crippen MR) is 92.1 cm³/mol. The maximum atomic E-state index is 11.6. The number of esters is 1. The molecule has 9 heteroatoms. The fourth-order valence-corrected chi connectivity index (χ4v) is 2.22. The fraction of sp³-hybridized carbons (Fsp3) is 0.500. The number of pyridine rings is 1. The molecule has 136 valence electrons. The number of imidazole rings is 1. The van der Waals surface area contributed by atoms with Gasteiger partial charge in [0.1, 0.15) is 11.1 Å². The standard InChI is InChI=1S/C16H23N5O4/c1-16(2,3)25-15(23)18-6-5-7-21-12-11(20-14(21)17)8-10(9-19-12)13(22)24-4/h8-9H,5-7H2,1-4H3,(H2,17,20)(H,18,23). The first-order valence-corrected chi connectivity index (χ1v) is 7.88. The summed E-state index contributed by atoms with van der Waals surface area (Å²) in [5, 5.41) is 2.68. The lowest BCUT2D eigenvalue weighted by atomic mass is 10.2. The van der Waals surface area contributed by atoms with Gasteiger partial charge in [-0.3, -0.25) is 4.57 Å². The molecule has 0 unspecified atom stereocenters. The van der Waals surface area contributed by atoms with Crippen molar-refractivity contribution in [2.45, 2.75) is 39.3 Å². The Bertz CT molecular complexity index is 779. The van der Waals surface area contributed by atoms with Gasteiger partial charge in [0.05, 0.1) is 12.7 Å². The van der Waals surface area contributed by atoms with Crippen molar-refractivity contribution in [1.29, 1.82) is 0 Å². The van der Waals surface area contributed by atoms with E-state index in [1.54, 1.807) is 31.4 Å². The van der Waals surface area contributed by atoms with E-state index in [0.717, 1.165) is 0 Å². The number of carbonyl (C=O) groups is 2. The smallest absolute Gasteiger partial charge is 0.407 e. The Morgan fingerprint density at radius 1 is 1.36 bits per heavy atom. The molecule has 0 aliphatic carbocycles. The summed E-state index contributed by atoms with van der Waals surface area (Å²) in [7, 11) is 1.30. The Labute approximate surface area is 145 Å². The fourth-order valence-electron chi connectivity index (χ4n) is 2.22. The van der Waals surface area contributed by atoms with Crippen LogP contribution in [0.4, 0.5) is 10.7 Å². The Hall–Kier alpha value is -2.84. The quantitative estimate of drug-likeness (QED) is 0.622. The van der Waals surface area contributed by atoms with Crippen molar-refractivity contribution in [3.8, 4) is 0 Å². The zero-order valence-electron chi connectivity index (χ0n) is 14.8. The van der Waals surface area contributed by atoms with Gasteiger partial charge in [-0.15, -0.1) is 0 Å². The molecule has 25 heavy (non-hydrogen) atoms. The highest BCUT2D eigenvalue weighted by atomic mass is 16.6. The highest BCUT2D eigenvalue weighted by Crippen LogP contribution is 2.17. The second-order valence-electron chi connectivity index (χ2n) is 6.46. The van der Waals surface area contributed by atoms with E-state index >= 15 is 0 Å². The number of methoxy groups -OCH3 is 1. The van der Waals surface area contributed by atoms with Gasteiger partial charge in [0, 0.05) is 19.3 Å². The van der Waals surface area contributed by atoms with E-state index < -0.39 is 17.7 Å². The van der Waals surface area contributed by atoms with Gasteiger partial charge >= 0.3 is 12.1 Å². The van der Waals surface area contributed by atoms with Crippen LogP contribution in [0.5, 0.6) is 0 Å². The zero-order valence-corrected chi connectivity index (χ0v) is 14.8. The second-order valence-corrected chi connectivity index (χ2v) is 6.46. The Kier molecular flexibility index (Phi) is 5.45. The van der Waals surface area contributed by atoms with Crippen LogP contribution in [0, 0.1) is 0 Å². The molecule has 0 saturated heterocycles. The maximum Gasteiger partial charge on any atom is 0.407 e. The van der Waals surface area contributed by atoms with Crippen LogP contribution in [0.2, 0.25) is 0 Å². The molecule has 2 heterocycles. The Morgan fingerprint density at radius 3 is 2.72 bits per heavy atom. The molecule has 2 aromatic rings. The minimum atomic E-state index is -0.531. The van der Waals surface area contributed by atoms with E-state index in [9.17, 15) is 9.59 Å². The summed E-state index contributed by atoms with van der Waals surface area (Å²) >= 11 is 0. The number of hydrogen-bond donors (Lipinski definition) is 2. The van der Waals surface area contributed by atoms with Gasteiger partial charge < -0.3 is 20.5 Å². The molecule has 0 saturated carbocycles. The predicted octanol–water partition coefficient (Wildman–Crippen LogP) is 1.71. The van der Waals surface area contributed by atoms with Gasteiger partial charge in [0.2, 0.25) is 5.95 Å². The summed E-state index contributed by atoms with van der Waals surface area (Å²) in [5.74, 6) is -0.189. The monoisotopic (exact) mass is 349 g/mol. The van der Waals surface area contributed by atoms with Crippen molar-refractivity contribution < 1.29 is 19.1 Å². The molecule has 0 fully saturated rings. The van der Waals surface area contributed by atoms with Crippen molar-refractivity contribution in [3.63, 3.8) is 0 Å². The number of ether oxygens (including phenoxy) is 2. The van der Waals surface area contributed by atoms with Gasteiger partial charge in [-0.05, 0) is 33.3 Å². The molecular formula is C16H23N5O4. The lowest BCUT2D eigenvalue weighted by molar-refractivity contribution is 0.0525. The van der Waals surface area contributed by atoms with E-state index in [0.29, 0.717) is 42.2 Å². The Morgan fingerprint density at radius 2 is 2.08 bits per heavy atom. The first-order chi connectivity index (χ1) is 11.7. The largest absolute Gasteiger partial charge is 0.465 e. The van der Waals surface area contributed by atoms with Crippen molar-refractivity contribution in [3.05, 3.63) is 17.8 Å². The van der Waals surface area contributed by atoms with E-state index in [1.807, 2.05) is 0 Å². The number of nitrogens with one attached hydrogen (secondary N) is 1. The molecule has 0 radical (unpaired) electrons. The highest BCUT2D eigenvalue weighted by molar-refractivity contribution is 5.92. The molecule has 9 nitrogen and oxygen atoms in total. The molecule has 0 aliphatic heterocycles. The number of nitrogen functional groups attached to an aromatic ring is 1. The molecule has 0 spiro atoms. The van der Waals surface area contributed by atoms with Crippen LogP contribution in [0.3, 0.4) is 0 Å². The van der Waals surface area contributed by atoms with Crippen molar-refractivity contribution >= 4 is 29.2 Å². The zero-order chi connectivity index (χ0) is 18.6. The summed E-state index contributed by atoms with van der Waals surface area (Å²) in [5.41, 5.74) is 6.79. The van der Waals surface area contributed by atoms with Crippen LogP contribution >= 0.6 is 0 Å². The third kappa shape index (κ3) is 4.82. The van der Waals surface area contributed by atoms with Crippen LogP contribution in [-0.4, -0.2) is 45.9 Å². The Balaban J connectivity index is 1.98. The van der Waals surface area contributed by atoms with Gasteiger partial charge in [0.25, 0.3) is 0 Å². The molecule has 2 rings (SSSR count). The first-order valence-electron chi connectivity index (χ1n) is 7.88. The van der Waals surface area contributed by atoms with Gasteiger partial charge in [-0.2, -0.15) is 0 Å². The number of anilines is 1. The summed E-state index contributed by atoms with van der Waals surface area (Å²) in [4.78, 5) is 31.6. The number of aryl methyl sites for hydroxylation is 1. The van der Waals surface area contributed by atoms with Crippen LogP contribution < -0.4 is 11.1 Å². The molecule has 0 atom stereocenters. The number of hydrogen-bond acceptors (Lipinski definition) is 7. The number of carbonyl (C=O) groups excluding carboxylic acids is 2. The normalized spacial score (nSPS) is 11.4. The molecule has 0 aromatic carbocycles. The highest BCUT2D eigenvalue weighted by Gasteiger charge is 2.16. The van der Waals surface area contributed by atoms with E-state index in [-0.39, 0.29) is 0 Å². The van der Waals surface area contributed by atoms with Crippen molar-refractivity contribution in [2.75, 3.05) is 19.4 Å². The SMILES string of the molecule is COC(=O)c1cnc2c(c1)nc(N)n2CCCNC(=O)OC(C)(C)C. The maximum absolute atomic E-state index is 11.6. The van der Waals surface area contributed by atoms with Gasteiger partial charge in [0.15, 0.2) is 5.65 Å². The minimum absolute atomic E-state index is 0.293. The van der Waals surface area contributed by atoms with Crippen LogP contribution in [0.1, 0.15) is 37.6 Å². The van der Waals surface area contributed by atoms with Crippen LogP contribution in [0.15, 0.2) is 12.3 Å². The third-order valence-electron chi connectivity index (χ3n) is 3.26. The van der Waals surface area contributed by atoms with Crippen LogP contribution in [0.25, 0.3) is 11.2 Å². The molecular weight excluding hydrogens is 326 g/mol. The summed E-state index contributed by atoms with van der Waals surface area (Å²) in [6.07, 6.45) is 1.58. The average Bonchev–Trinajstić information content (AvgIpc) is 2.83. The number of alkyl carbamates (subject to hydrolysis) is 1. The minimum Gasteiger partial charge on any atom is -0.465 e. The number of amides is 1. The number of nitrogens with two attached hydrogens (primary N) is 1. The number of rotatable bonds is 5. The molecule has 2 aromatic heterocycles. The summed E-state index contributed by atoms with van der Waals surface area (Å²) < 4.78 is 11.6. The number of aromatic nitrogens is 3. The lowest BCUT2D eigenvalue weighted by Crippen LogP contribution is -2.33. The molecule has 3 N–H and O–H groups in total. The number of nitrogens with zero attached hydrogens (tertiary/aromatic N) is 3. The van der Waals surface area contributed by atoms with Crippen LogP contribution in [-0.2, 0) is 16.0 Å². The van der Waals surface area contributed by atoms with Gasteiger partial charge in [-0.1, -0.05) is 0 Å². The van der Waals surface area contributed by atoms with Crippen molar-refractivity contribution in [2.24, 2.45) is 0 Å². The van der Waals surface area contributed by atoms with Crippen molar-refractivity contribution in [1.82, 2.24) is 19.9 Å².